The minimum Gasteiger partial charge on any atom is -0.481 e. The number of thiazole rings is 1. The molecular weight excluding hydrogens is 276 g/mol. The summed E-state index contributed by atoms with van der Waals surface area (Å²) in [5, 5.41) is 12.1. The van der Waals surface area contributed by atoms with Crippen molar-refractivity contribution >= 4 is 23.2 Å². The fraction of sp³-hybridized carbons (Fsp3) is 0.643. The first kappa shape index (κ1) is 15.0. The van der Waals surface area contributed by atoms with Crippen molar-refractivity contribution < 1.29 is 14.7 Å². The van der Waals surface area contributed by atoms with Gasteiger partial charge in [0.25, 0.3) is 0 Å². The number of carbonyl (C=O) groups excluding carboxylic acids is 1. The molecule has 0 spiro atoms. The summed E-state index contributed by atoms with van der Waals surface area (Å²) in [5.74, 6) is -1.11. The highest BCUT2D eigenvalue weighted by Crippen LogP contribution is 2.18. The van der Waals surface area contributed by atoms with Crippen LogP contribution in [0.5, 0.6) is 0 Å². The topological polar surface area (TPSA) is 70.5 Å². The van der Waals surface area contributed by atoms with Gasteiger partial charge < -0.3 is 10.0 Å². The molecule has 110 valence electrons. The first-order valence-electron chi connectivity index (χ1n) is 6.98. The van der Waals surface area contributed by atoms with Crippen molar-refractivity contribution in [3.8, 4) is 0 Å². The molecule has 0 radical (unpaired) electrons. The second-order valence-corrected chi connectivity index (χ2v) is 6.29. The van der Waals surface area contributed by atoms with E-state index in [4.69, 9.17) is 5.11 Å². The van der Waals surface area contributed by atoms with Crippen LogP contribution >= 0.6 is 11.3 Å². The van der Waals surface area contributed by atoms with E-state index in [2.05, 4.69) is 4.98 Å². The Morgan fingerprint density at radius 1 is 1.55 bits per heavy atom. The number of aromatic nitrogens is 1. The summed E-state index contributed by atoms with van der Waals surface area (Å²) in [7, 11) is 0. The van der Waals surface area contributed by atoms with Crippen molar-refractivity contribution in [3.63, 3.8) is 0 Å². The monoisotopic (exact) mass is 296 g/mol. The Morgan fingerprint density at radius 3 is 3.00 bits per heavy atom. The molecule has 0 saturated carbocycles. The number of carbonyl (C=O) groups is 2. The van der Waals surface area contributed by atoms with Crippen molar-refractivity contribution in [1.82, 2.24) is 9.88 Å². The minimum atomic E-state index is -0.791. The van der Waals surface area contributed by atoms with Crippen LogP contribution in [-0.4, -0.2) is 40.0 Å². The number of aliphatic carboxylic acids is 1. The van der Waals surface area contributed by atoms with Crippen molar-refractivity contribution in [1.29, 1.82) is 0 Å². The molecule has 2 heterocycles. The van der Waals surface area contributed by atoms with Gasteiger partial charge in [0.2, 0.25) is 5.91 Å². The lowest BCUT2D eigenvalue weighted by Crippen LogP contribution is -2.42. The molecule has 1 fully saturated rings. The van der Waals surface area contributed by atoms with Crippen LogP contribution in [0.1, 0.15) is 36.4 Å². The number of nitrogens with zero attached hydrogens (tertiary/aromatic N) is 2. The molecule has 0 unspecified atom stereocenters. The van der Waals surface area contributed by atoms with E-state index in [0.29, 0.717) is 25.9 Å². The SMILES string of the molecule is Cc1nc(CCCC(=O)N2CCC[C@@H](C(=O)O)C2)cs1. The Kier molecular flexibility index (Phi) is 5.11. The van der Waals surface area contributed by atoms with Crippen LogP contribution in [0.4, 0.5) is 0 Å². The molecule has 5 nitrogen and oxygen atoms in total. The molecule has 1 amide bonds. The van der Waals surface area contributed by atoms with E-state index in [1.807, 2.05) is 12.3 Å². The van der Waals surface area contributed by atoms with Crippen LogP contribution in [0, 0.1) is 12.8 Å². The summed E-state index contributed by atoms with van der Waals surface area (Å²) in [5.41, 5.74) is 1.04. The Labute approximate surface area is 122 Å². The van der Waals surface area contributed by atoms with Gasteiger partial charge in [-0.2, -0.15) is 0 Å². The maximum atomic E-state index is 12.1. The molecule has 20 heavy (non-hydrogen) atoms. The number of aryl methyl sites for hydroxylation is 2. The standard InChI is InChI=1S/C14H20N2O3S/c1-10-15-12(9-20-10)5-2-6-13(17)16-7-3-4-11(8-16)14(18)19/h9,11H,2-8H2,1H3,(H,18,19)/t11-/m1/s1. The summed E-state index contributed by atoms with van der Waals surface area (Å²) in [6, 6.07) is 0. The first-order valence-corrected chi connectivity index (χ1v) is 7.86. The lowest BCUT2D eigenvalue weighted by molar-refractivity contribution is -0.145. The molecule has 0 bridgehead atoms. The largest absolute Gasteiger partial charge is 0.481 e. The number of hydrogen-bond acceptors (Lipinski definition) is 4. The summed E-state index contributed by atoms with van der Waals surface area (Å²) < 4.78 is 0. The van der Waals surface area contributed by atoms with Crippen LogP contribution in [0.25, 0.3) is 0 Å². The molecule has 1 aliphatic rings. The summed E-state index contributed by atoms with van der Waals surface area (Å²) in [6.45, 7) is 3.03. The third-order valence-corrected chi connectivity index (χ3v) is 4.44. The highest BCUT2D eigenvalue weighted by Gasteiger charge is 2.27. The zero-order valence-corrected chi connectivity index (χ0v) is 12.5. The molecule has 1 aliphatic heterocycles. The summed E-state index contributed by atoms with van der Waals surface area (Å²) in [6.07, 6.45) is 3.52. The van der Waals surface area contributed by atoms with Gasteiger partial charge in [0.05, 0.1) is 16.6 Å². The number of piperidine rings is 1. The first-order chi connectivity index (χ1) is 9.56. The molecule has 0 aromatic carbocycles. The van der Waals surface area contributed by atoms with Gasteiger partial charge in [-0.1, -0.05) is 0 Å². The zero-order chi connectivity index (χ0) is 14.5. The molecule has 6 heteroatoms. The van der Waals surface area contributed by atoms with Gasteiger partial charge in [-0.3, -0.25) is 9.59 Å². The van der Waals surface area contributed by atoms with Gasteiger partial charge in [-0.15, -0.1) is 11.3 Å². The van der Waals surface area contributed by atoms with E-state index in [-0.39, 0.29) is 5.91 Å². The number of hydrogen-bond donors (Lipinski definition) is 1. The Morgan fingerprint density at radius 2 is 2.35 bits per heavy atom. The quantitative estimate of drug-likeness (QED) is 0.903. The van der Waals surface area contributed by atoms with Crippen LogP contribution < -0.4 is 0 Å². The van der Waals surface area contributed by atoms with E-state index in [0.717, 1.165) is 30.0 Å². The Balaban J connectivity index is 1.75. The van der Waals surface area contributed by atoms with Crippen LogP contribution in [0.2, 0.25) is 0 Å². The predicted molar refractivity (Wildman–Crippen MR) is 76.7 cm³/mol. The van der Waals surface area contributed by atoms with Gasteiger partial charge in [-0.25, -0.2) is 4.98 Å². The average Bonchev–Trinajstić information content (AvgIpc) is 2.84. The van der Waals surface area contributed by atoms with Gasteiger partial charge in [0, 0.05) is 24.9 Å². The maximum absolute atomic E-state index is 12.1. The van der Waals surface area contributed by atoms with E-state index in [9.17, 15) is 9.59 Å². The van der Waals surface area contributed by atoms with Gasteiger partial charge in [0.1, 0.15) is 0 Å². The fourth-order valence-corrected chi connectivity index (χ4v) is 3.15. The highest BCUT2D eigenvalue weighted by atomic mass is 32.1. The number of amides is 1. The van der Waals surface area contributed by atoms with Crippen LogP contribution in [-0.2, 0) is 16.0 Å². The average molecular weight is 296 g/mol. The number of likely N-dealkylation sites (tertiary alicyclic amines) is 1. The molecule has 1 aromatic heterocycles. The van der Waals surface area contributed by atoms with Crippen molar-refractivity contribution in [3.05, 3.63) is 16.1 Å². The fourth-order valence-electron chi connectivity index (χ4n) is 2.51. The minimum absolute atomic E-state index is 0.0721. The molecule has 1 aromatic rings. The number of rotatable bonds is 5. The second kappa shape index (κ2) is 6.83. The van der Waals surface area contributed by atoms with Gasteiger partial charge >= 0.3 is 5.97 Å². The van der Waals surface area contributed by atoms with Gasteiger partial charge in [-0.05, 0) is 32.6 Å². The zero-order valence-electron chi connectivity index (χ0n) is 11.7. The predicted octanol–water partition coefficient (Wildman–Crippen LogP) is 2.10. The molecular formula is C14H20N2O3S. The van der Waals surface area contributed by atoms with Crippen molar-refractivity contribution in [2.45, 2.75) is 39.0 Å². The maximum Gasteiger partial charge on any atom is 0.308 e. The van der Waals surface area contributed by atoms with E-state index in [1.165, 1.54) is 0 Å². The summed E-state index contributed by atoms with van der Waals surface area (Å²) >= 11 is 1.62. The lowest BCUT2D eigenvalue weighted by Gasteiger charge is -2.30. The lowest BCUT2D eigenvalue weighted by atomic mass is 9.98. The third-order valence-electron chi connectivity index (χ3n) is 3.61. The number of carboxylic acid groups (broad SMARTS) is 1. The molecule has 1 atom stereocenters. The van der Waals surface area contributed by atoms with Crippen molar-refractivity contribution in [2.75, 3.05) is 13.1 Å². The third kappa shape index (κ3) is 4.03. The van der Waals surface area contributed by atoms with E-state index < -0.39 is 11.9 Å². The molecule has 1 saturated heterocycles. The summed E-state index contributed by atoms with van der Waals surface area (Å²) in [4.78, 5) is 29.1. The van der Waals surface area contributed by atoms with Gasteiger partial charge in [0.15, 0.2) is 0 Å². The van der Waals surface area contributed by atoms with E-state index >= 15 is 0 Å². The Hall–Kier alpha value is -1.43. The van der Waals surface area contributed by atoms with Crippen LogP contribution in [0.15, 0.2) is 5.38 Å². The van der Waals surface area contributed by atoms with E-state index in [1.54, 1.807) is 16.2 Å². The van der Waals surface area contributed by atoms with Crippen LogP contribution in [0.3, 0.4) is 0 Å². The van der Waals surface area contributed by atoms with Crippen molar-refractivity contribution in [2.24, 2.45) is 5.92 Å². The molecule has 0 aliphatic carbocycles. The molecule has 2 rings (SSSR count). The number of carboxylic acids is 1. The Bertz CT molecular complexity index is 487. The highest BCUT2D eigenvalue weighted by molar-refractivity contribution is 7.09. The normalized spacial score (nSPS) is 19.1. The molecule has 1 N–H and O–H groups in total. The second-order valence-electron chi connectivity index (χ2n) is 5.23. The smallest absolute Gasteiger partial charge is 0.308 e.